The van der Waals surface area contributed by atoms with Crippen LogP contribution in [-0.4, -0.2) is 20.4 Å². The van der Waals surface area contributed by atoms with Crippen LogP contribution in [0.1, 0.15) is 5.82 Å². The van der Waals surface area contributed by atoms with Crippen molar-refractivity contribution in [3.63, 3.8) is 0 Å². The van der Waals surface area contributed by atoms with Gasteiger partial charge in [0.15, 0.2) is 5.13 Å². The number of fused-ring (bicyclic) bond motifs is 1. The van der Waals surface area contributed by atoms with Gasteiger partial charge in [0.05, 0.1) is 11.0 Å². The van der Waals surface area contributed by atoms with E-state index in [4.69, 9.17) is 0 Å². The van der Waals surface area contributed by atoms with Crippen molar-refractivity contribution in [3.05, 3.63) is 41.7 Å². The lowest BCUT2D eigenvalue weighted by molar-refractivity contribution is -0.147. The van der Waals surface area contributed by atoms with Gasteiger partial charge in [-0.1, -0.05) is 12.1 Å². The third-order valence-electron chi connectivity index (χ3n) is 2.89. The van der Waals surface area contributed by atoms with Gasteiger partial charge in [0, 0.05) is 11.6 Å². The Kier molecular flexibility index (Phi) is 3.57. The summed E-state index contributed by atoms with van der Waals surface area (Å²) in [5, 5.41) is 4.45. The summed E-state index contributed by atoms with van der Waals surface area (Å²) in [7, 11) is 0. The quantitative estimate of drug-likeness (QED) is 0.804. The first-order valence-corrected chi connectivity index (χ1v) is 7.05. The predicted molar refractivity (Wildman–Crippen MR) is 75.5 cm³/mol. The highest BCUT2D eigenvalue weighted by molar-refractivity contribution is 7.13. The molecule has 1 amide bonds. The number of aromatic nitrogens is 3. The summed E-state index contributed by atoms with van der Waals surface area (Å²) in [6.07, 6.45) is -3.14. The number of anilines is 1. The van der Waals surface area contributed by atoms with Gasteiger partial charge in [-0.25, -0.2) is 9.97 Å². The number of para-hydroxylation sites is 2. The average Bonchev–Trinajstić information content (AvgIpc) is 3.06. The number of imidazole rings is 1. The minimum Gasteiger partial charge on any atom is -0.311 e. The molecule has 0 atom stereocenters. The van der Waals surface area contributed by atoms with Gasteiger partial charge < -0.3 is 9.88 Å². The van der Waals surface area contributed by atoms with E-state index in [9.17, 15) is 18.0 Å². The number of carbonyl (C=O) groups excluding carboxylic acids is 1. The lowest BCUT2D eigenvalue weighted by Crippen LogP contribution is -2.23. The van der Waals surface area contributed by atoms with Crippen LogP contribution in [0.25, 0.3) is 11.0 Å². The minimum atomic E-state index is -4.64. The fourth-order valence-electron chi connectivity index (χ4n) is 2.04. The van der Waals surface area contributed by atoms with Crippen molar-refractivity contribution >= 4 is 33.4 Å². The predicted octanol–water partition coefficient (Wildman–Crippen LogP) is 3.15. The Bertz CT molecular complexity index is 810. The van der Waals surface area contributed by atoms with E-state index in [1.165, 1.54) is 29.7 Å². The van der Waals surface area contributed by atoms with Crippen molar-refractivity contribution in [1.82, 2.24) is 14.5 Å². The molecule has 5 nitrogen and oxygen atoms in total. The normalized spacial score (nSPS) is 11.8. The third-order valence-corrected chi connectivity index (χ3v) is 3.58. The van der Waals surface area contributed by atoms with E-state index < -0.39 is 24.5 Å². The van der Waals surface area contributed by atoms with Gasteiger partial charge in [0.2, 0.25) is 11.7 Å². The molecule has 2 heterocycles. The summed E-state index contributed by atoms with van der Waals surface area (Å²) in [5.74, 6) is -1.69. The molecule has 9 heteroatoms. The molecule has 0 bridgehead atoms. The fourth-order valence-corrected chi connectivity index (χ4v) is 2.58. The van der Waals surface area contributed by atoms with E-state index in [1.54, 1.807) is 17.5 Å². The van der Waals surface area contributed by atoms with Crippen LogP contribution in [0.2, 0.25) is 0 Å². The second-order valence-electron chi connectivity index (χ2n) is 4.39. The Labute approximate surface area is 126 Å². The topological polar surface area (TPSA) is 59.8 Å². The number of hydrogen-bond donors (Lipinski definition) is 1. The maximum Gasteiger partial charge on any atom is 0.449 e. The van der Waals surface area contributed by atoms with Crippen molar-refractivity contribution in [1.29, 1.82) is 0 Å². The molecule has 0 aliphatic heterocycles. The second-order valence-corrected chi connectivity index (χ2v) is 5.29. The number of alkyl halides is 3. The van der Waals surface area contributed by atoms with Crippen LogP contribution in [0.15, 0.2) is 35.8 Å². The SMILES string of the molecule is O=C(Cn1c(C(F)(F)F)nc2ccccc21)Nc1nccs1. The number of nitrogens with zero attached hydrogens (tertiary/aromatic N) is 3. The molecule has 0 unspecified atom stereocenters. The Morgan fingerprint density at radius 1 is 1.32 bits per heavy atom. The molecule has 2 aromatic heterocycles. The monoisotopic (exact) mass is 326 g/mol. The fraction of sp³-hybridized carbons (Fsp3) is 0.154. The average molecular weight is 326 g/mol. The zero-order chi connectivity index (χ0) is 15.7. The lowest BCUT2D eigenvalue weighted by Gasteiger charge is -2.10. The zero-order valence-electron chi connectivity index (χ0n) is 11.0. The van der Waals surface area contributed by atoms with Crippen molar-refractivity contribution in [3.8, 4) is 0 Å². The Balaban J connectivity index is 1.96. The van der Waals surface area contributed by atoms with E-state index in [0.717, 1.165) is 4.57 Å². The largest absolute Gasteiger partial charge is 0.449 e. The molecule has 0 spiro atoms. The molecule has 1 N–H and O–H groups in total. The van der Waals surface area contributed by atoms with Gasteiger partial charge in [-0.05, 0) is 12.1 Å². The molecule has 0 aliphatic carbocycles. The minimum absolute atomic E-state index is 0.192. The number of benzene rings is 1. The van der Waals surface area contributed by atoms with E-state index >= 15 is 0 Å². The number of carbonyl (C=O) groups is 1. The molecule has 3 aromatic rings. The van der Waals surface area contributed by atoms with E-state index in [2.05, 4.69) is 15.3 Å². The summed E-state index contributed by atoms with van der Waals surface area (Å²) >= 11 is 1.19. The Hall–Kier alpha value is -2.42. The van der Waals surface area contributed by atoms with Gasteiger partial charge in [0.25, 0.3) is 0 Å². The highest BCUT2D eigenvalue weighted by atomic mass is 32.1. The molecule has 0 radical (unpaired) electrons. The Morgan fingerprint density at radius 3 is 2.77 bits per heavy atom. The summed E-state index contributed by atoms with van der Waals surface area (Å²) in [5.41, 5.74) is 0.445. The molecule has 3 rings (SSSR count). The van der Waals surface area contributed by atoms with Gasteiger partial charge in [-0.3, -0.25) is 4.79 Å². The van der Waals surface area contributed by atoms with Gasteiger partial charge in [0.1, 0.15) is 6.54 Å². The molecule has 0 saturated carbocycles. The summed E-state index contributed by atoms with van der Waals surface area (Å²) < 4.78 is 40.1. The molecular formula is C13H9F3N4OS. The zero-order valence-corrected chi connectivity index (χ0v) is 11.8. The molecule has 0 saturated heterocycles. The van der Waals surface area contributed by atoms with E-state index in [-0.39, 0.29) is 11.0 Å². The summed E-state index contributed by atoms with van der Waals surface area (Å²) in [6, 6.07) is 6.16. The van der Waals surface area contributed by atoms with Crippen LogP contribution in [0.4, 0.5) is 18.3 Å². The number of amides is 1. The van der Waals surface area contributed by atoms with Crippen molar-refractivity contribution < 1.29 is 18.0 Å². The van der Waals surface area contributed by atoms with Crippen molar-refractivity contribution in [2.24, 2.45) is 0 Å². The lowest BCUT2D eigenvalue weighted by atomic mass is 10.3. The highest BCUT2D eigenvalue weighted by Crippen LogP contribution is 2.31. The molecule has 0 aliphatic rings. The van der Waals surface area contributed by atoms with Gasteiger partial charge in [-0.15, -0.1) is 11.3 Å². The summed E-state index contributed by atoms with van der Waals surface area (Å²) in [6.45, 7) is -0.491. The first kappa shape index (κ1) is 14.5. The van der Waals surface area contributed by atoms with Crippen LogP contribution < -0.4 is 5.32 Å². The molecular weight excluding hydrogens is 317 g/mol. The highest BCUT2D eigenvalue weighted by Gasteiger charge is 2.38. The standard InChI is InChI=1S/C13H9F3N4OS/c14-13(15,16)11-18-8-3-1-2-4-9(8)20(11)7-10(21)19-12-17-5-6-22-12/h1-6H,7H2,(H,17,19,21). The van der Waals surface area contributed by atoms with Crippen LogP contribution in [-0.2, 0) is 17.5 Å². The molecule has 0 fully saturated rings. The van der Waals surface area contributed by atoms with Gasteiger partial charge in [-0.2, -0.15) is 13.2 Å². The van der Waals surface area contributed by atoms with Gasteiger partial charge >= 0.3 is 6.18 Å². The first-order chi connectivity index (χ1) is 10.4. The number of nitrogens with one attached hydrogen (secondary N) is 1. The second kappa shape index (κ2) is 5.41. The van der Waals surface area contributed by atoms with Crippen LogP contribution in [0, 0.1) is 0 Å². The number of hydrogen-bond acceptors (Lipinski definition) is 4. The molecule has 22 heavy (non-hydrogen) atoms. The smallest absolute Gasteiger partial charge is 0.311 e. The molecule has 114 valence electrons. The molecule has 1 aromatic carbocycles. The number of thiazole rings is 1. The van der Waals surface area contributed by atoms with Crippen molar-refractivity contribution in [2.45, 2.75) is 12.7 Å². The van der Waals surface area contributed by atoms with Crippen LogP contribution in [0.5, 0.6) is 0 Å². The van der Waals surface area contributed by atoms with Crippen LogP contribution in [0.3, 0.4) is 0 Å². The first-order valence-electron chi connectivity index (χ1n) is 6.17. The number of rotatable bonds is 3. The summed E-state index contributed by atoms with van der Waals surface area (Å²) in [4.78, 5) is 19.4. The maximum absolute atomic E-state index is 13.1. The van der Waals surface area contributed by atoms with E-state index in [0.29, 0.717) is 5.13 Å². The third kappa shape index (κ3) is 2.80. The number of halogens is 3. The van der Waals surface area contributed by atoms with Crippen molar-refractivity contribution in [2.75, 3.05) is 5.32 Å². The Morgan fingerprint density at radius 2 is 2.09 bits per heavy atom. The van der Waals surface area contributed by atoms with E-state index in [1.807, 2.05) is 0 Å². The van der Waals surface area contributed by atoms with Crippen LogP contribution >= 0.6 is 11.3 Å². The maximum atomic E-state index is 13.1.